The Morgan fingerprint density at radius 1 is 0.197 bits per heavy atom. The Kier molecular flexibility index (Phi) is 7.88. The van der Waals surface area contributed by atoms with Crippen LogP contribution in [0.15, 0.2) is 236 Å². The molecule has 0 radical (unpaired) electrons. The van der Waals surface area contributed by atoms with Gasteiger partial charge in [-0.25, -0.2) is 0 Å². The van der Waals surface area contributed by atoms with Crippen LogP contribution in [0.4, 0.5) is 34.1 Å². The maximum Gasteiger partial charge on any atom is 0.135 e. The van der Waals surface area contributed by atoms with E-state index in [0.29, 0.717) is 0 Å². The molecule has 0 aliphatic carbocycles. The summed E-state index contributed by atoms with van der Waals surface area (Å²) in [6, 6.07) is 76.4. The Morgan fingerprint density at radius 2 is 0.424 bits per heavy atom. The molecule has 0 atom stereocenters. The van der Waals surface area contributed by atoms with Crippen LogP contribution < -0.4 is 9.80 Å². The summed E-state index contributed by atoms with van der Waals surface area (Å²) < 4.78 is 25.0. The number of benzene rings is 10. The van der Waals surface area contributed by atoms with Crippen molar-refractivity contribution < 1.29 is 17.7 Å². The Balaban J connectivity index is 0.863. The van der Waals surface area contributed by atoms with Gasteiger partial charge in [0, 0.05) is 77.2 Å². The third-order valence-electron chi connectivity index (χ3n) is 13.1. The van der Waals surface area contributed by atoms with Gasteiger partial charge in [0.25, 0.3) is 0 Å². The first kappa shape index (κ1) is 36.5. The van der Waals surface area contributed by atoms with Crippen LogP contribution in [0.2, 0.25) is 0 Å². The molecule has 0 aliphatic heterocycles. The van der Waals surface area contributed by atoms with E-state index in [4.69, 9.17) is 17.7 Å². The van der Waals surface area contributed by atoms with Crippen molar-refractivity contribution in [2.24, 2.45) is 0 Å². The highest BCUT2D eigenvalue weighted by Crippen LogP contribution is 2.44. The molecule has 14 aromatic rings. The molecule has 0 fully saturated rings. The Bertz CT molecular complexity index is 3690. The summed E-state index contributed by atoms with van der Waals surface area (Å²) in [5.41, 5.74) is 15.4. The minimum atomic E-state index is 0.861. The van der Waals surface area contributed by atoms with E-state index < -0.39 is 0 Å². The predicted molar refractivity (Wildman–Crippen MR) is 270 cm³/mol. The molecule has 0 saturated heterocycles. The van der Waals surface area contributed by atoms with Gasteiger partial charge in [-0.3, -0.25) is 0 Å². The third kappa shape index (κ3) is 5.75. The van der Waals surface area contributed by atoms with E-state index in [-0.39, 0.29) is 0 Å². The number of para-hydroxylation sites is 4. The van der Waals surface area contributed by atoms with E-state index in [9.17, 15) is 0 Å². The Hall–Kier alpha value is -9.00. The largest absolute Gasteiger partial charge is 0.456 e. The maximum absolute atomic E-state index is 6.25. The van der Waals surface area contributed by atoms with Crippen LogP contribution in [0.3, 0.4) is 0 Å². The van der Waals surface area contributed by atoms with E-state index in [1.54, 1.807) is 0 Å². The van der Waals surface area contributed by atoms with Crippen LogP contribution in [-0.4, -0.2) is 0 Å². The highest BCUT2D eigenvalue weighted by atomic mass is 16.3. The molecule has 0 bridgehead atoms. The summed E-state index contributed by atoms with van der Waals surface area (Å²) in [4.78, 5) is 4.63. The normalized spacial score (nSPS) is 11.9. The van der Waals surface area contributed by atoms with Crippen LogP contribution in [0.25, 0.3) is 98.9 Å². The van der Waals surface area contributed by atoms with Gasteiger partial charge in [0.05, 0.1) is 0 Å². The summed E-state index contributed by atoms with van der Waals surface area (Å²) in [5, 5.41) is 8.66. The minimum Gasteiger partial charge on any atom is -0.456 e. The van der Waals surface area contributed by atoms with Crippen molar-refractivity contribution in [2.45, 2.75) is 0 Å². The standard InChI is InChI=1S/C60H36N2O4/c1-5-13-53-45(9-1)49-33-41(25-29-57(49)63-53)61(42-26-30-58-50(34-42)46-10-2-6-14-54(46)64-58)39-21-17-37(18-22-39)38-19-23-40(24-20-38)62(43-27-31-59-51(35-43)47-11-3-7-15-55(47)65-59)44-28-32-60-52(36-44)48-12-4-8-16-56(48)66-60/h1-36H. The SMILES string of the molecule is c1ccc2c(c1)oc1ccc(N(c3ccc(-c4ccc(N(c5ccc6oc7ccccc7c6c5)c5ccc6oc7ccccc7c6c5)cc4)cc3)c3ccc4oc5ccccc5c4c3)cc12. The number of nitrogens with zero attached hydrogens (tertiary/aromatic N) is 2. The van der Waals surface area contributed by atoms with Crippen molar-refractivity contribution in [3.63, 3.8) is 0 Å². The zero-order chi connectivity index (χ0) is 43.3. The maximum atomic E-state index is 6.25. The average Bonchev–Trinajstić information content (AvgIpc) is 4.14. The molecule has 4 heterocycles. The Morgan fingerprint density at radius 3 is 0.697 bits per heavy atom. The zero-order valence-electron chi connectivity index (χ0n) is 35.3. The van der Waals surface area contributed by atoms with Gasteiger partial charge in [0.1, 0.15) is 44.7 Å². The highest BCUT2D eigenvalue weighted by Gasteiger charge is 2.20. The lowest BCUT2D eigenvalue weighted by molar-refractivity contribution is 0.668. The molecule has 0 amide bonds. The van der Waals surface area contributed by atoms with E-state index >= 15 is 0 Å². The van der Waals surface area contributed by atoms with Crippen LogP contribution in [0.5, 0.6) is 0 Å². The molecule has 0 aliphatic rings. The Labute approximate surface area is 377 Å². The molecule has 10 aromatic carbocycles. The zero-order valence-corrected chi connectivity index (χ0v) is 35.3. The monoisotopic (exact) mass is 848 g/mol. The molecular weight excluding hydrogens is 813 g/mol. The lowest BCUT2D eigenvalue weighted by Crippen LogP contribution is -2.10. The van der Waals surface area contributed by atoms with Gasteiger partial charge in [-0.1, -0.05) is 97.1 Å². The first-order valence-corrected chi connectivity index (χ1v) is 22.1. The van der Waals surface area contributed by atoms with E-state index in [2.05, 4.69) is 180 Å². The van der Waals surface area contributed by atoms with Crippen LogP contribution in [0, 0.1) is 0 Å². The van der Waals surface area contributed by atoms with Crippen molar-refractivity contribution in [3.8, 4) is 11.1 Å². The number of furan rings is 4. The fraction of sp³-hybridized carbons (Fsp3) is 0. The van der Waals surface area contributed by atoms with Gasteiger partial charge in [0.2, 0.25) is 0 Å². The number of anilines is 6. The molecule has 0 unspecified atom stereocenters. The fourth-order valence-corrected chi connectivity index (χ4v) is 9.91. The van der Waals surface area contributed by atoms with Crippen LogP contribution in [-0.2, 0) is 0 Å². The fourth-order valence-electron chi connectivity index (χ4n) is 9.91. The molecular formula is C60H36N2O4. The molecule has 6 nitrogen and oxygen atoms in total. The third-order valence-corrected chi connectivity index (χ3v) is 13.1. The van der Waals surface area contributed by atoms with Crippen molar-refractivity contribution in [1.29, 1.82) is 0 Å². The van der Waals surface area contributed by atoms with Crippen molar-refractivity contribution in [1.82, 2.24) is 0 Å². The van der Waals surface area contributed by atoms with E-state index in [1.807, 2.05) is 48.5 Å². The smallest absolute Gasteiger partial charge is 0.135 e. The van der Waals surface area contributed by atoms with Crippen LogP contribution in [0.1, 0.15) is 0 Å². The number of fused-ring (bicyclic) bond motifs is 12. The van der Waals surface area contributed by atoms with Crippen LogP contribution >= 0.6 is 0 Å². The highest BCUT2D eigenvalue weighted by molar-refractivity contribution is 6.10. The number of hydrogen-bond acceptors (Lipinski definition) is 6. The molecule has 6 heteroatoms. The van der Waals surface area contributed by atoms with Gasteiger partial charge in [-0.15, -0.1) is 0 Å². The van der Waals surface area contributed by atoms with Crippen molar-refractivity contribution in [3.05, 3.63) is 218 Å². The number of hydrogen-bond donors (Lipinski definition) is 0. The molecule has 0 N–H and O–H groups in total. The molecule has 4 aromatic heterocycles. The molecule has 0 spiro atoms. The van der Waals surface area contributed by atoms with Gasteiger partial charge in [-0.05, 0) is 132 Å². The van der Waals surface area contributed by atoms with Gasteiger partial charge in [-0.2, -0.15) is 0 Å². The topological polar surface area (TPSA) is 59.0 Å². The number of rotatable bonds is 7. The molecule has 14 rings (SSSR count). The molecule has 66 heavy (non-hydrogen) atoms. The first-order valence-electron chi connectivity index (χ1n) is 22.1. The van der Waals surface area contributed by atoms with Crippen molar-refractivity contribution >= 4 is 122 Å². The minimum absolute atomic E-state index is 0.861. The van der Waals surface area contributed by atoms with E-state index in [1.165, 1.54) is 0 Å². The average molecular weight is 849 g/mol. The lowest BCUT2D eigenvalue weighted by atomic mass is 10.0. The summed E-state index contributed by atoms with van der Waals surface area (Å²) >= 11 is 0. The van der Waals surface area contributed by atoms with Gasteiger partial charge >= 0.3 is 0 Å². The van der Waals surface area contributed by atoms with Gasteiger partial charge < -0.3 is 27.5 Å². The molecule has 310 valence electrons. The van der Waals surface area contributed by atoms with Crippen molar-refractivity contribution in [2.75, 3.05) is 9.80 Å². The summed E-state index contributed by atoms with van der Waals surface area (Å²) in [6.07, 6.45) is 0. The quantitative estimate of drug-likeness (QED) is 0.159. The van der Waals surface area contributed by atoms with Gasteiger partial charge in [0.15, 0.2) is 0 Å². The second-order valence-electron chi connectivity index (χ2n) is 16.9. The lowest BCUT2D eigenvalue weighted by Gasteiger charge is -2.26. The summed E-state index contributed by atoms with van der Waals surface area (Å²) in [7, 11) is 0. The molecule has 0 saturated carbocycles. The summed E-state index contributed by atoms with van der Waals surface area (Å²) in [5.74, 6) is 0. The first-order chi connectivity index (χ1) is 32.7. The van der Waals surface area contributed by atoms with E-state index in [0.717, 1.165) is 133 Å². The predicted octanol–water partition coefficient (Wildman–Crippen LogP) is 17.9. The summed E-state index contributed by atoms with van der Waals surface area (Å²) in [6.45, 7) is 0. The second-order valence-corrected chi connectivity index (χ2v) is 16.9. The second kappa shape index (κ2) is 14.3.